The second-order valence-electron chi connectivity index (χ2n) is 6.52. The van der Waals surface area contributed by atoms with E-state index >= 15 is 0 Å². The van der Waals surface area contributed by atoms with Crippen molar-refractivity contribution >= 4 is 5.91 Å². The molecule has 1 aromatic heterocycles. The molecule has 2 aliphatic rings. The monoisotopic (exact) mass is 305 g/mol. The minimum atomic E-state index is -0.244. The van der Waals surface area contributed by atoms with Gasteiger partial charge in [-0.25, -0.2) is 0 Å². The molecule has 120 valence electrons. The highest BCUT2D eigenvalue weighted by Crippen LogP contribution is 2.26. The number of amides is 1. The Morgan fingerprint density at radius 2 is 2.32 bits per heavy atom. The van der Waals surface area contributed by atoms with Crippen LogP contribution in [-0.4, -0.2) is 58.8 Å². The van der Waals surface area contributed by atoms with Gasteiger partial charge in [-0.05, 0) is 18.4 Å². The van der Waals surface area contributed by atoms with Gasteiger partial charge in [-0.15, -0.1) is 0 Å². The lowest BCUT2D eigenvalue weighted by atomic mass is 10.0. The number of ether oxygens (including phenoxy) is 1. The third-order valence-electron chi connectivity index (χ3n) is 4.57. The van der Waals surface area contributed by atoms with E-state index in [4.69, 9.17) is 4.74 Å². The number of aromatic nitrogens is 1. The second-order valence-corrected chi connectivity index (χ2v) is 6.52. The Bertz CT molecular complexity index is 549. The number of carbonyl (C=O) groups is 1. The maximum absolute atomic E-state index is 12.3. The van der Waals surface area contributed by atoms with Crippen molar-refractivity contribution in [2.45, 2.75) is 38.5 Å². The minimum Gasteiger partial charge on any atom is -0.505 e. The Hall–Kier alpha value is -1.66. The van der Waals surface area contributed by atoms with Gasteiger partial charge in [0.15, 0.2) is 0 Å². The van der Waals surface area contributed by atoms with E-state index in [9.17, 15) is 9.90 Å². The van der Waals surface area contributed by atoms with E-state index in [0.29, 0.717) is 12.0 Å². The molecular weight excluding hydrogens is 282 g/mol. The van der Waals surface area contributed by atoms with E-state index in [1.54, 1.807) is 0 Å². The molecule has 6 heteroatoms. The third-order valence-corrected chi connectivity index (χ3v) is 4.57. The topological polar surface area (TPSA) is 74.7 Å². The molecule has 3 rings (SSSR count). The number of hydrogen-bond acceptors (Lipinski definition) is 5. The summed E-state index contributed by atoms with van der Waals surface area (Å²) in [6.07, 6.45) is 3.96. The molecule has 2 saturated heterocycles. The Kier molecular flexibility index (Phi) is 4.31. The molecule has 22 heavy (non-hydrogen) atoms. The minimum absolute atomic E-state index is 0.0843. The maximum atomic E-state index is 12.3. The molecule has 0 aliphatic carbocycles. The van der Waals surface area contributed by atoms with Gasteiger partial charge in [0.25, 0.3) is 5.91 Å². The number of aromatic hydroxyl groups is 1. The van der Waals surface area contributed by atoms with Crippen molar-refractivity contribution in [3.63, 3.8) is 0 Å². The summed E-state index contributed by atoms with van der Waals surface area (Å²) in [5, 5.41) is 12.7. The molecule has 2 aliphatic heterocycles. The molecule has 1 aromatic rings. The van der Waals surface area contributed by atoms with Gasteiger partial charge < -0.3 is 15.2 Å². The number of pyridine rings is 1. The first-order chi connectivity index (χ1) is 10.5. The Morgan fingerprint density at radius 1 is 1.50 bits per heavy atom. The zero-order chi connectivity index (χ0) is 15.7. The average Bonchev–Trinajstić information content (AvgIpc) is 2.88. The number of morpholine rings is 1. The third kappa shape index (κ3) is 3.08. The molecule has 3 atom stereocenters. The van der Waals surface area contributed by atoms with Crippen LogP contribution in [0.25, 0.3) is 0 Å². The van der Waals surface area contributed by atoms with Crippen LogP contribution < -0.4 is 5.32 Å². The highest BCUT2D eigenvalue weighted by molar-refractivity contribution is 5.96. The smallest absolute Gasteiger partial charge is 0.255 e. The molecule has 0 aromatic carbocycles. The van der Waals surface area contributed by atoms with Gasteiger partial charge in [0.05, 0.1) is 24.5 Å². The Labute approximate surface area is 130 Å². The molecule has 2 N–H and O–H groups in total. The first-order valence-corrected chi connectivity index (χ1v) is 7.84. The van der Waals surface area contributed by atoms with Crippen molar-refractivity contribution in [1.29, 1.82) is 0 Å². The SMILES string of the molecule is CC(C)[C@H]1CN2C[C@H](NC(=O)c3ccncc3O)C[C@H]2CO1. The van der Waals surface area contributed by atoms with Crippen LogP contribution in [0.5, 0.6) is 5.75 Å². The summed E-state index contributed by atoms with van der Waals surface area (Å²) in [7, 11) is 0. The van der Waals surface area contributed by atoms with E-state index in [0.717, 1.165) is 26.1 Å². The van der Waals surface area contributed by atoms with E-state index in [2.05, 4.69) is 29.0 Å². The quantitative estimate of drug-likeness (QED) is 0.872. The van der Waals surface area contributed by atoms with Gasteiger partial charge in [0.2, 0.25) is 0 Å². The lowest BCUT2D eigenvalue weighted by Gasteiger charge is -2.36. The molecule has 0 radical (unpaired) electrons. The summed E-state index contributed by atoms with van der Waals surface area (Å²) in [4.78, 5) is 18.4. The summed E-state index contributed by atoms with van der Waals surface area (Å²) in [5.41, 5.74) is 0.274. The van der Waals surface area contributed by atoms with Gasteiger partial charge in [-0.3, -0.25) is 14.7 Å². The normalized spacial score (nSPS) is 28.6. The van der Waals surface area contributed by atoms with E-state index in [1.165, 1.54) is 18.5 Å². The van der Waals surface area contributed by atoms with Gasteiger partial charge in [-0.1, -0.05) is 13.8 Å². The lowest BCUT2D eigenvalue weighted by molar-refractivity contribution is -0.0683. The van der Waals surface area contributed by atoms with Crippen LogP contribution in [-0.2, 0) is 4.74 Å². The molecule has 0 saturated carbocycles. The largest absolute Gasteiger partial charge is 0.505 e. The molecule has 0 bridgehead atoms. The van der Waals surface area contributed by atoms with Crippen molar-refractivity contribution in [2.24, 2.45) is 5.92 Å². The fourth-order valence-electron chi connectivity index (χ4n) is 3.25. The number of fused-ring (bicyclic) bond motifs is 1. The highest BCUT2D eigenvalue weighted by atomic mass is 16.5. The van der Waals surface area contributed by atoms with Crippen LogP contribution in [0, 0.1) is 5.92 Å². The predicted octanol–water partition coefficient (Wildman–Crippen LogP) is 1.01. The standard InChI is InChI=1S/C16H23N3O3/c1-10(2)15-8-19-7-11(5-12(19)9-22-15)18-16(21)13-3-4-17-6-14(13)20/h3-4,6,10-12,15,20H,5,7-9H2,1-2H3,(H,18,21)/t11-,12+,15-/m1/s1. The van der Waals surface area contributed by atoms with Crippen LogP contribution in [0.1, 0.15) is 30.6 Å². The Morgan fingerprint density at radius 3 is 3.05 bits per heavy atom. The summed E-state index contributed by atoms with van der Waals surface area (Å²) in [6, 6.07) is 2.01. The second kappa shape index (κ2) is 6.22. The van der Waals surface area contributed by atoms with Crippen LogP contribution in [0.2, 0.25) is 0 Å². The van der Waals surface area contributed by atoms with Crippen LogP contribution >= 0.6 is 0 Å². The van der Waals surface area contributed by atoms with Gasteiger partial charge >= 0.3 is 0 Å². The predicted molar refractivity (Wildman–Crippen MR) is 81.7 cm³/mol. The lowest BCUT2D eigenvalue weighted by Crippen LogP contribution is -2.48. The van der Waals surface area contributed by atoms with Crippen molar-refractivity contribution in [3.8, 4) is 5.75 Å². The summed E-state index contributed by atoms with van der Waals surface area (Å²) < 4.78 is 5.91. The molecule has 6 nitrogen and oxygen atoms in total. The van der Waals surface area contributed by atoms with Crippen LogP contribution in [0.3, 0.4) is 0 Å². The van der Waals surface area contributed by atoms with E-state index in [-0.39, 0.29) is 29.4 Å². The van der Waals surface area contributed by atoms with Crippen LogP contribution in [0.4, 0.5) is 0 Å². The maximum Gasteiger partial charge on any atom is 0.255 e. The first kappa shape index (κ1) is 15.2. The zero-order valence-corrected chi connectivity index (χ0v) is 13.0. The fourth-order valence-corrected chi connectivity index (χ4v) is 3.25. The van der Waals surface area contributed by atoms with Gasteiger partial charge in [0.1, 0.15) is 5.75 Å². The van der Waals surface area contributed by atoms with Crippen molar-refractivity contribution in [1.82, 2.24) is 15.2 Å². The molecule has 1 amide bonds. The number of carbonyl (C=O) groups excluding carboxylic acids is 1. The van der Waals surface area contributed by atoms with Gasteiger partial charge in [-0.2, -0.15) is 0 Å². The molecule has 3 heterocycles. The number of rotatable bonds is 3. The van der Waals surface area contributed by atoms with E-state index in [1.807, 2.05) is 0 Å². The molecule has 0 spiro atoms. The highest BCUT2D eigenvalue weighted by Gasteiger charge is 2.38. The van der Waals surface area contributed by atoms with Crippen molar-refractivity contribution < 1.29 is 14.6 Å². The number of nitrogens with one attached hydrogen (secondary N) is 1. The van der Waals surface area contributed by atoms with Crippen molar-refractivity contribution in [3.05, 3.63) is 24.0 Å². The van der Waals surface area contributed by atoms with Gasteiger partial charge in [0, 0.05) is 31.4 Å². The molecule has 2 fully saturated rings. The number of nitrogens with zero attached hydrogens (tertiary/aromatic N) is 2. The zero-order valence-electron chi connectivity index (χ0n) is 13.0. The molecule has 0 unspecified atom stereocenters. The fraction of sp³-hybridized carbons (Fsp3) is 0.625. The van der Waals surface area contributed by atoms with Crippen molar-refractivity contribution in [2.75, 3.05) is 19.7 Å². The summed E-state index contributed by atoms with van der Waals surface area (Å²) in [6.45, 7) is 6.85. The first-order valence-electron chi connectivity index (χ1n) is 7.84. The molecular formula is C16H23N3O3. The Balaban J connectivity index is 1.59. The summed E-state index contributed by atoms with van der Waals surface area (Å²) in [5.74, 6) is 0.174. The summed E-state index contributed by atoms with van der Waals surface area (Å²) >= 11 is 0. The average molecular weight is 305 g/mol. The number of hydrogen-bond donors (Lipinski definition) is 2. The van der Waals surface area contributed by atoms with E-state index < -0.39 is 0 Å². The van der Waals surface area contributed by atoms with Crippen LogP contribution in [0.15, 0.2) is 18.5 Å².